The van der Waals surface area contributed by atoms with E-state index in [1.807, 2.05) is 48.5 Å². The lowest BCUT2D eigenvalue weighted by atomic mass is 10.1. The van der Waals surface area contributed by atoms with Crippen molar-refractivity contribution >= 4 is 10.9 Å². The van der Waals surface area contributed by atoms with Gasteiger partial charge >= 0.3 is 0 Å². The first-order chi connectivity index (χ1) is 17.7. The molecule has 5 rings (SSSR count). The van der Waals surface area contributed by atoms with Crippen LogP contribution in [0, 0.1) is 0 Å². The fourth-order valence-electron chi connectivity index (χ4n) is 4.05. The molecule has 0 aliphatic heterocycles. The van der Waals surface area contributed by atoms with Crippen LogP contribution in [0.2, 0.25) is 0 Å². The number of hydrogen-bond donors (Lipinski definition) is 0. The van der Waals surface area contributed by atoms with E-state index in [9.17, 15) is 4.79 Å². The van der Waals surface area contributed by atoms with E-state index >= 15 is 0 Å². The monoisotopic (exact) mass is 480 g/mol. The predicted molar refractivity (Wildman–Crippen MR) is 136 cm³/mol. The van der Waals surface area contributed by atoms with Crippen molar-refractivity contribution in [3.05, 3.63) is 107 Å². The molecule has 0 bridgehead atoms. The van der Waals surface area contributed by atoms with Crippen molar-refractivity contribution in [3.63, 3.8) is 0 Å². The Hall–Kier alpha value is -4.72. The van der Waals surface area contributed by atoms with Gasteiger partial charge in [0.25, 0.3) is 5.56 Å². The Kier molecular flexibility index (Phi) is 6.57. The maximum atomic E-state index is 13.5. The lowest BCUT2D eigenvalue weighted by Gasteiger charge is -2.17. The zero-order valence-electron chi connectivity index (χ0n) is 19.9. The summed E-state index contributed by atoms with van der Waals surface area (Å²) in [5.41, 5.74) is 3.06. The van der Waals surface area contributed by atoms with Gasteiger partial charge in [0.05, 0.1) is 37.9 Å². The molecule has 0 aliphatic rings. The molecule has 0 unspecified atom stereocenters. The van der Waals surface area contributed by atoms with Gasteiger partial charge in [-0.3, -0.25) is 19.3 Å². The molecule has 0 aliphatic carbocycles. The van der Waals surface area contributed by atoms with Gasteiger partial charge in [0.15, 0.2) is 5.82 Å². The van der Waals surface area contributed by atoms with E-state index in [-0.39, 0.29) is 18.7 Å². The smallest absolute Gasteiger partial charge is 0.261 e. The number of para-hydroxylation sites is 1. The number of benzene rings is 2. The normalized spacial score (nSPS) is 10.8. The zero-order chi connectivity index (χ0) is 24.9. The fourth-order valence-corrected chi connectivity index (χ4v) is 4.05. The fraction of sp³-hybridized carbons (Fsp3) is 0.143. The van der Waals surface area contributed by atoms with Gasteiger partial charge < -0.3 is 14.2 Å². The zero-order valence-corrected chi connectivity index (χ0v) is 19.9. The first kappa shape index (κ1) is 23.0. The van der Waals surface area contributed by atoms with Gasteiger partial charge in [-0.05, 0) is 42.0 Å². The van der Waals surface area contributed by atoms with Crippen LogP contribution in [-0.2, 0) is 13.2 Å². The average Bonchev–Trinajstić information content (AvgIpc) is 2.94. The van der Waals surface area contributed by atoms with Gasteiger partial charge in [0.1, 0.15) is 23.9 Å². The molecule has 0 radical (unpaired) electrons. The van der Waals surface area contributed by atoms with E-state index in [0.717, 1.165) is 16.7 Å². The number of rotatable bonds is 8. The van der Waals surface area contributed by atoms with Crippen LogP contribution in [0.5, 0.6) is 17.2 Å². The second-order valence-electron chi connectivity index (χ2n) is 8.01. The van der Waals surface area contributed by atoms with E-state index in [1.54, 1.807) is 55.7 Å². The topological polar surface area (TPSA) is 88.4 Å². The third kappa shape index (κ3) is 4.61. The second-order valence-corrected chi connectivity index (χ2v) is 8.01. The minimum absolute atomic E-state index is 0.0840. The molecular formula is C28H24N4O4. The quantitative estimate of drug-likeness (QED) is 0.323. The lowest BCUT2D eigenvalue weighted by Crippen LogP contribution is -2.27. The summed E-state index contributed by atoms with van der Waals surface area (Å²) >= 11 is 0. The standard InChI is InChI=1S/C28H24N4O4/c1-34-21-8-7-20(26(15-21)35-2)17-32-27(31-24-16-30-14-11-23(24)28(32)33)18-36-25-6-4-3-5-22(25)19-9-12-29-13-10-19/h3-16H,17-18H2,1-2H3. The van der Waals surface area contributed by atoms with Crippen LogP contribution in [0.25, 0.3) is 22.0 Å². The van der Waals surface area contributed by atoms with Crippen molar-refractivity contribution in [1.29, 1.82) is 0 Å². The molecule has 8 heteroatoms. The summed E-state index contributed by atoms with van der Waals surface area (Å²) in [7, 11) is 3.19. The average molecular weight is 481 g/mol. The summed E-state index contributed by atoms with van der Waals surface area (Å²) in [5, 5.41) is 0.485. The predicted octanol–water partition coefficient (Wildman–Crippen LogP) is 4.50. The number of methoxy groups -OCH3 is 2. The summed E-state index contributed by atoms with van der Waals surface area (Å²) in [4.78, 5) is 26.5. The Bertz CT molecular complexity index is 1570. The lowest BCUT2D eigenvalue weighted by molar-refractivity contribution is 0.289. The molecule has 0 saturated carbocycles. The molecule has 0 atom stereocenters. The number of aromatic nitrogens is 4. The van der Waals surface area contributed by atoms with Gasteiger partial charge in [0.2, 0.25) is 0 Å². The van der Waals surface area contributed by atoms with Gasteiger partial charge in [-0.25, -0.2) is 4.98 Å². The van der Waals surface area contributed by atoms with Crippen LogP contribution in [0.15, 0.2) is 90.2 Å². The van der Waals surface area contributed by atoms with Crippen LogP contribution in [0.1, 0.15) is 11.4 Å². The Morgan fingerprint density at radius 2 is 1.67 bits per heavy atom. The Labute approximate surface area is 207 Å². The van der Waals surface area contributed by atoms with Crippen molar-refractivity contribution < 1.29 is 14.2 Å². The molecule has 3 aromatic heterocycles. The number of ether oxygens (including phenoxy) is 3. The van der Waals surface area contributed by atoms with E-state index in [4.69, 9.17) is 19.2 Å². The number of hydrogen-bond acceptors (Lipinski definition) is 7. The minimum Gasteiger partial charge on any atom is -0.497 e. The Balaban J connectivity index is 1.55. The summed E-state index contributed by atoms with van der Waals surface area (Å²) in [6.45, 7) is 0.336. The molecule has 0 saturated heterocycles. The summed E-state index contributed by atoms with van der Waals surface area (Å²) in [5.74, 6) is 2.44. The second kappa shape index (κ2) is 10.3. The highest BCUT2D eigenvalue weighted by Crippen LogP contribution is 2.30. The molecule has 8 nitrogen and oxygen atoms in total. The molecular weight excluding hydrogens is 456 g/mol. The molecule has 0 amide bonds. The molecule has 2 aromatic carbocycles. The van der Waals surface area contributed by atoms with E-state index < -0.39 is 0 Å². The third-order valence-electron chi connectivity index (χ3n) is 5.89. The van der Waals surface area contributed by atoms with Gasteiger partial charge in [-0.2, -0.15) is 0 Å². The molecule has 0 fully saturated rings. The van der Waals surface area contributed by atoms with Gasteiger partial charge in [-0.15, -0.1) is 0 Å². The Morgan fingerprint density at radius 3 is 2.47 bits per heavy atom. The molecule has 36 heavy (non-hydrogen) atoms. The van der Waals surface area contributed by atoms with E-state index in [0.29, 0.717) is 34.0 Å². The number of fused-ring (bicyclic) bond motifs is 1. The van der Waals surface area contributed by atoms with Crippen molar-refractivity contribution in [3.8, 4) is 28.4 Å². The maximum absolute atomic E-state index is 13.5. The molecule has 3 heterocycles. The minimum atomic E-state index is -0.179. The van der Waals surface area contributed by atoms with E-state index in [2.05, 4.69) is 9.97 Å². The Morgan fingerprint density at radius 1 is 0.861 bits per heavy atom. The third-order valence-corrected chi connectivity index (χ3v) is 5.89. The van der Waals surface area contributed by atoms with Gasteiger partial charge in [-0.1, -0.05) is 18.2 Å². The van der Waals surface area contributed by atoms with Crippen LogP contribution in [-0.4, -0.2) is 33.7 Å². The highest BCUT2D eigenvalue weighted by atomic mass is 16.5. The van der Waals surface area contributed by atoms with Crippen LogP contribution in [0.4, 0.5) is 0 Å². The van der Waals surface area contributed by atoms with Crippen molar-refractivity contribution in [2.75, 3.05) is 14.2 Å². The highest BCUT2D eigenvalue weighted by Gasteiger charge is 2.16. The van der Waals surface area contributed by atoms with E-state index in [1.165, 1.54) is 0 Å². The number of pyridine rings is 2. The molecule has 180 valence electrons. The molecule has 5 aromatic rings. The largest absolute Gasteiger partial charge is 0.497 e. The highest BCUT2D eigenvalue weighted by molar-refractivity contribution is 5.76. The van der Waals surface area contributed by atoms with Crippen LogP contribution in [0.3, 0.4) is 0 Å². The van der Waals surface area contributed by atoms with Crippen LogP contribution >= 0.6 is 0 Å². The molecule has 0 N–H and O–H groups in total. The van der Waals surface area contributed by atoms with Crippen LogP contribution < -0.4 is 19.8 Å². The first-order valence-corrected chi connectivity index (χ1v) is 11.3. The maximum Gasteiger partial charge on any atom is 0.261 e. The summed E-state index contributed by atoms with van der Waals surface area (Å²) in [6, 6.07) is 18.8. The summed E-state index contributed by atoms with van der Waals surface area (Å²) < 4.78 is 18.7. The van der Waals surface area contributed by atoms with Gasteiger partial charge in [0, 0.05) is 35.8 Å². The van der Waals surface area contributed by atoms with Crippen molar-refractivity contribution in [2.45, 2.75) is 13.2 Å². The number of nitrogens with zero attached hydrogens (tertiary/aromatic N) is 4. The van der Waals surface area contributed by atoms with Crippen molar-refractivity contribution in [1.82, 2.24) is 19.5 Å². The first-order valence-electron chi connectivity index (χ1n) is 11.3. The van der Waals surface area contributed by atoms with Crippen molar-refractivity contribution in [2.24, 2.45) is 0 Å². The molecule has 0 spiro atoms. The summed E-state index contributed by atoms with van der Waals surface area (Å²) in [6.07, 6.45) is 6.65. The SMILES string of the molecule is COc1ccc(Cn2c(COc3ccccc3-c3ccncc3)nc3cnccc3c2=O)c(OC)c1.